The predicted octanol–water partition coefficient (Wildman–Crippen LogP) is 3.59. The lowest BCUT2D eigenvalue weighted by atomic mass is 10.0. The van der Waals surface area contributed by atoms with Crippen LogP contribution in [0.25, 0.3) is 11.1 Å². The Bertz CT molecular complexity index is 720. The zero-order valence-corrected chi connectivity index (χ0v) is 11.3. The van der Waals surface area contributed by atoms with Crippen LogP contribution in [-0.4, -0.2) is 18.2 Å². The van der Waals surface area contributed by atoms with Crippen LogP contribution < -0.4 is 4.74 Å². The van der Waals surface area contributed by atoms with E-state index in [1.165, 1.54) is 13.2 Å². The highest BCUT2D eigenvalue weighted by Crippen LogP contribution is 2.29. The number of nitrogens with zero attached hydrogens (tertiary/aromatic N) is 1. The maximum absolute atomic E-state index is 11.0. The number of hydrogen-bond donors (Lipinski definition) is 1. The van der Waals surface area contributed by atoms with Gasteiger partial charge in [-0.05, 0) is 35.4 Å². The second-order valence-corrected chi connectivity index (χ2v) is 4.43. The molecule has 0 spiro atoms. The van der Waals surface area contributed by atoms with E-state index >= 15 is 0 Å². The van der Waals surface area contributed by atoms with Gasteiger partial charge in [0.25, 0.3) is 0 Å². The number of ether oxygens (including phenoxy) is 1. The van der Waals surface area contributed by atoms with Crippen molar-refractivity contribution in [3.63, 3.8) is 0 Å². The van der Waals surface area contributed by atoms with Gasteiger partial charge in [0.1, 0.15) is 17.4 Å². The van der Waals surface area contributed by atoms with E-state index < -0.39 is 5.97 Å². The summed E-state index contributed by atoms with van der Waals surface area (Å²) in [7, 11) is 1.41. The molecule has 100 valence electrons. The lowest BCUT2D eigenvalue weighted by Gasteiger charge is -2.08. The van der Waals surface area contributed by atoms with Crippen LogP contribution in [0, 0.1) is 11.3 Å². The Balaban J connectivity index is 2.54. The Labute approximate surface area is 120 Å². The molecule has 0 aliphatic rings. The van der Waals surface area contributed by atoms with E-state index in [-0.39, 0.29) is 11.3 Å². The minimum Gasteiger partial charge on any atom is -0.496 e. The van der Waals surface area contributed by atoms with Gasteiger partial charge >= 0.3 is 5.97 Å². The Hall–Kier alpha value is -2.51. The van der Waals surface area contributed by atoms with Crippen LogP contribution in [0.1, 0.15) is 15.9 Å². The third-order valence-electron chi connectivity index (χ3n) is 2.85. The molecule has 0 saturated carbocycles. The van der Waals surface area contributed by atoms with E-state index in [1.807, 2.05) is 6.07 Å². The van der Waals surface area contributed by atoms with Gasteiger partial charge in [-0.3, -0.25) is 0 Å². The van der Waals surface area contributed by atoms with Gasteiger partial charge in [-0.1, -0.05) is 23.7 Å². The minimum absolute atomic E-state index is 0.0886. The predicted molar refractivity (Wildman–Crippen MR) is 75.1 cm³/mol. The normalized spacial score (nSPS) is 9.85. The molecule has 4 nitrogen and oxygen atoms in total. The molecular weight excluding hydrogens is 278 g/mol. The van der Waals surface area contributed by atoms with Crippen molar-refractivity contribution in [3.05, 3.63) is 52.5 Å². The lowest BCUT2D eigenvalue weighted by molar-refractivity contribution is 0.0693. The highest BCUT2D eigenvalue weighted by atomic mass is 35.5. The van der Waals surface area contributed by atoms with Crippen LogP contribution in [0.4, 0.5) is 0 Å². The molecule has 2 rings (SSSR count). The summed E-state index contributed by atoms with van der Waals surface area (Å²) < 4.78 is 5.08. The summed E-state index contributed by atoms with van der Waals surface area (Å²) in [5.41, 5.74) is 1.97. The standard InChI is InChI=1S/C15H10ClNO3/c1-20-14-7-10(2-4-12(14)15(18)19)9-3-5-13(16)11(6-9)8-17/h2-7H,1H3,(H,18,19). The monoisotopic (exact) mass is 287 g/mol. The largest absolute Gasteiger partial charge is 0.496 e. The zero-order valence-electron chi connectivity index (χ0n) is 10.6. The molecule has 0 radical (unpaired) electrons. The van der Waals surface area contributed by atoms with Gasteiger partial charge in [0.2, 0.25) is 0 Å². The van der Waals surface area contributed by atoms with Crippen LogP contribution in [0.2, 0.25) is 5.02 Å². The van der Waals surface area contributed by atoms with Crippen LogP contribution >= 0.6 is 11.6 Å². The summed E-state index contributed by atoms with van der Waals surface area (Å²) >= 11 is 5.88. The summed E-state index contributed by atoms with van der Waals surface area (Å²) in [6.45, 7) is 0. The third kappa shape index (κ3) is 2.58. The Kier molecular flexibility index (Phi) is 3.92. The second-order valence-electron chi connectivity index (χ2n) is 4.03. The number of rotatable bonds is 3. The molecule has 0 heterocycles. The second kappa shape index (κ2) is 5.64. The quantitative estimate of drug-likeness (QED) is 0.936. The van der Waals surface area contributed by atoms with E-state index in [1.54, 1.807) is 30.3 Å². The number of methoxy groups -OCH3 is 1. The third-order valence-corrected chi connectivity index (χ3v) is 3.18. The Morgan fingerprint density at radius 2 is 1.90 bits per heavy atom. The van der Waals surface area contributed by atoms with E-state index in [2.05, 4.69) is 0 Å². The first-order chi connectivity index (χ1) is 9.56. The van der Waals surface area contributed by atoms with Crippen molar-refractivity contribution in [1.29, 1.82) is 5.26 Å². The van der Waals surface area contributed by atoms with Crippen molar-refractivity contribution in [2.75, 3.05) is 7.11 Å². The molecule has 0 saturated heterocycles. The van der Waals surface area contributed by atoms with Crippen molar-refractivity contribution >= 4 is 17.6 Å². The van der Waals surface area contributed by atoms with Gasteiger partial charge in [0.05, 0.1) is 17.7 Å². The fraction of sp³-hybridized carbons (Fsp3) is 0.0667. The highest BCUT2D eigenvalue weighted by molar-refractivity contribution is 6.31. The lowest BCUT2D eigenvalue weighted by Crippen LogP contribution is -2.00. The van der Waals surface area contributed by atoms with Gasteiger partial charge in [0, 0.05) is 0 Å². The maximum Gasteiger partial charge on any atom is 0.339 e. The summed E-state index contributed by atoms with van der Waals surface area (Å²) in [6.07, 6.45) is 0. The number of carboxylic acids is 1. The topological polar surface area (TPSA) is 70.3 Å². The number of nitriles is 1. The Morgan fingerprint density at radius 3 is 2.50 bits per heavy atom. The van der Waals surface area contributed by atoms with Crippen molar-refractivity contribution in [2.24, 2.45) is 0 Å². The average molecular weight is 288 g/mol. The Morgan fingerprint density at radius 1 is 1.25 bits per heavy atom. The summed E-state index contributed by atoms with van der Waals surface area (Å²) in [5.74, 6) is -0.786. The molecular formula is C15H10ClNO3. The zero-order chi connectivity index (χ0) is 14.7. The van der Waals surface area contributed by atoms with Gasteiger partial charge in [-0.15, -0.1) is 0 Å². The molecule has 5 heteroatoms. The van der Waals surface area contributed by atoms with Gasteiger partial charge in [0.15, 0.2) is 0 Å². The number of carbonyl (C=O) groups is 1. The molecule has 0 amide bonds. The molecule has 2 aromatic rings. The molecule has 0 aliphatic heterocycles. The number of carboxylic acid groups (broad SMARTS) is 1. The molecule has 0 bridgehead atoms. The molecule has 0 aromatic heterocycles. The maximum atomic E-state index is 11.0. The summed E-state index contributed by atoms with van der Waals surface area (Å²) in [4.78, 5) is 11.0. The van der Waals surface area contributed by atoms with E-state index in [0.717, 1.165) is 11.1 Å². The molecule has 20 heavy (non-hydrogen) atoms. The van der Waals surface area contributed by atoms with Crippen molar-refractivity contribution in [3.8, 4) is 22.9 Å². The number of aromatic carboxylic acids is 1. The van der Waals surface area contributed by atoms with Crippen LogP contribution in [0.3, 0.4) is 0 Å². The number of hydrogen-bond acceptors (Lipinski definition) is 3. The average Bonchev–Trinajstić information content (AvgIpc) is 2.46. The van der Waals surface area contributed by atoms with Crippen molar-refractivity contribution in [2.45, 2.75) is 0 Å². The van der Waals surface area contributed by atoms with E-state index in [9.17, 15) is 4.79 Å². The van der Waals surface area contributed by atoms with Crippen LogP contribution in [-0.2, 0) is 0 Å². The number of benzene rings is 2. The molecule has 0 fully saturated rings. The molecule has 1 N–H and O–H groups in total. The first-order valence-electron chi connectivity index (χ1n) is 5.68. The molecule has 2 aromatic carbocycles. The fourth-order valence-electron chi connectivity index (χ4n) is 1.84. The van der Waals surface area contributed by atoms with Crippen LogP contribution in [0.5, 0.6) is 5.75 Å². The van der Waals surface area contributed by atoms with Crippen molar-refractivity contribution < 1.29 is 14.6 Å². The van der Waals surface area contributed by atoms with Gasteiger partial charge in [-0.2, -0.15) is 5.26 Å². The number of halogens is 1. The van der Waals surface area contributed by atoms with Crippen LogP contribution in [0.15, 0.2) is 36.4 Å². The SMILES string of the molecule is COc1cc(-c2ccc(Cl)c(C#N)c2)ccc1C(=O)O. The first-order valence-corrected chi connectivity index (χ1v) is 6.06. The van der Waals surface area contributed by atoms with Gasteiger partial charge < -0.3 is 9.84 Å². The van der Waals surface area contributed by atoms with E-state index in [0.29, 0.717) is 10.6 Å². The first kappa shape index (κ1) is 13.9. The molecule has 0 aliphatic carbocycles. The van der Waals surface area contributed by atoms with E-state index in [4.69, 9.17) is 26.7 Å². The van der Waals surface area contributed by atoms with Gasteiger partial charge in [-0.25, -0.2) is 4.79 Å². The smallest absolute Gasteiger partial charge is 0.339 e. The van der Waals surface area contributed by atoms with Crippen molar-refractivity contribution in [1.82, 2.24) is 0 Å². The summed E-state index contributed by atoms with van der Waals surface area (Å²) in [6, 6.07) is 11.8. The molecule has 0 unspecified atom stereocenters. The highest BCUT2D eigenvalue weighted by Gasteiger charge is 2.12. The fourth-order valence-corrected chi connectivity index (χ4v) is 2.00. The summed E-state index contributed by atoms with van der Waals surface area (Å²) in [5, 5.41) is 18.4. The minimum atomic E-state index is -1.05. The molecule has 0 atom stereocenters.